The highest BCUT2D eigenvalue weighted by molar-refractivity contribution is 7.09. The van der Waals surface area contributed by atoms with Gasteiger partial charge in [0, 0.05) is 17.3 Å². The predicted molar refractivity (Wildman–Crippen MR) is 152 cm³/mol. The zero-order chi connectivity index (χ0) is 28.8. The van der Waals surface area contributed by atoms with E-state index in [1.54, 1.807) is 42.5 Å². The molecular formula is C28H33N5O6S. The second-order valence-electron chi connectivity index (χ2n) is 9.24. The molecule has 3 aromatic rings. The number of primary amides is 1. The van der Waals surface area contributed by atoms with Crippen LogP contribution in [-0.4, -0.2) is 49.0 Å². The van der Waals surface area contributed by atoms with Crippen LogP contribution >= 0.6 is 11.5 Å². The summed E-state index contributed by atoms with van der Waals surface area (Å²) in [5, 5.41) is 3.12. The van der Waals surface area contributed by atoms with Crippen LogP contribution in [-0.2, 0) is 4.79 Å². The molecule has 3 amide bonds. The molecule has 1 aliphatic rings. The van der Waals surface area contributed by atoms with Crippen molar-refractivity contribution < 1.29 is 28.6 Å². The van der Waals surface area contributed by atoms with Gasteiger partial charge in [0.15, 0.2) is 5.69 Å². The van der Waals surface area contributed by atoms with Gasteiger partial charge in [-0.2, -0.15) is 4.37 Å². The molecule has 0 unspecified atom stereocenters. The van der Waals surface area contributed by atoms with Crippen molar-refractivity contribution in [3.8, 4) is 17.2 Å². The lowest BCUT2D eigenvalue weighted by Gasteiger charge is -2.33. The topological polar surface area (TPSA) is 159 Å². The molecule has 12 heteroatoms. The quantitative estimate of drug-likeness (QED) is 0.316. The summed E-state index contributed by atoms with van der Waals surface area (Å²) >= 11 is 0.742. The molecule has 0 bridgehead atoms. The van der Waals surface area contributed by atoms with Crippen molar-refractivity contribution in [2.75, 3.05) is 31.5 Å². The van der Waals surface area contributed by atoms with Crippen LogP contribution < -0.4 is 35.9 Å². The van der Waals surface area contributed by atoms with Gasteiger partial charge in [-0.05, 0) is 73.8 Å². The first-order chi connectivity index (χ1) is 19.3. The summed E-state index contributed by atoms with van der Waals surface area (Å²) in [5.74, 6) is -0.446. The van der Waals surface area contributed by atoms with Crippen LogP contribution in [0.2, 0.25) is 0 Å². The summed E-state index contributed by atoms with van der Waals surface area (Å²) in [6.07, 6.45) is 3.70. The van der Waals surface area contributed by atoms with E-state index < -0.39 is 23.8 Å². The minimum absolute atomic E-state index is 0.0248. The van der Waals surface area contributed by atoms with Crippen LogP contribution in [0.15, 0.2) is 42.5 Å². The highest BCUT2D eigenvalue weighted by Gasteiger charge is 2.38. The van der Waals surface area contributed by atoms with E-state index in [1.807, 2.05) is 6.92 Å². The highest BCUT2D eigenvalue weighted by atomic mass is 32.1. The van der Waals surface area contributed by atoms with E-state index in [9.17, 15) is 14.4 Å². The zero-order valence-corrected chi connectivity index (χ0v) is 23.5. The largest absolute Gasteiger partial charge is 0.497 e. The van der Waals surface area contributed by atoms with Crippen molar-refractivity contribution in [1.82, 2.24) is 9.69 Å². The number of nitrogens with two attached hydrogens (primary N) is 2. The molecule has 0 radical (unpaired) electrons. The Labute approximate surface area is 236 Å². The van der Waals surface area contributed by atoms with Crippen LogP contribution in [0.3, 0.4) is 0 Å². The molecule has 4 rings (SSSR count). The molecule has 1 atom stereocenters. The first-order valence-corrected chi connectivity index (χ1v) is 13.7. The molecule has 1 fully saturated rings. The molecule has 1 saturated carbocycles. The number of hydrogen-bond donors (Lipinski definition) is 3. The average molecular weight is 568 g/mol. The molecule has 1 heterocycles. The van der Waals surface area contributed by atoms with Gasteiger partial charge in [0.05, 0.1) is 26.5 Å². The van der Waals surface area contributed by atoms with Gasteiger partial charge in [0.1, 0.15) is 28.2 Å². The number of aromatic nitrogens is 1. The third-order valence-electron chi connectivity index (χ3n) is 6.74. The fourth-order valence-electron chi connectivity index (χ4n) is 4.79. The van der Waals surface area contributed by atoms with Crippen LogP contribution in [0, 0.1) is 0 Å². The van der Waals surface area contributed by atoms with Gasteiger partial charge in [-0.3, -0.25) is 19.3 Å². The molecule has 212 valence electrons. The van der Waals surface area contributed by atoms with Crippen molar-refractivity contribution in [2.24, 2.45) is 5.73 Å². The lowest BCUT2D eigenvalue weighted by atomic mass is 10.00. The van der Waals surface area contributed by atoms with Crippen LogP contribution in [0.5, 0.6) is 17.2 Å². The average Bonchev–Trinajstić information content (AvgIpc) is 3.61. The van der Waals surface area contributed by atoms with Crippen molar-refractivity contribution in [1.29, 1.82) is 0 Å². The van der Waals surface area contributed by atoms with Gasteiger partial charge in [-0.1, -0.05) is 12.8 Å². The van der Waals surface area contributed by atoms with Gasteiger partial charge < -0.3 is 31.0 Å². The Morgan fingerprint density at radius 2 is 1.75 bits per heavy atom. The van der Waals surface area contributed by atoms with Crippen molar-refractivity contribution in [3.05, 3.63) is 58.6 Å². The number of anilines is 2. The van der Waals surface area contributed by atoms with Gasteiger partial charge in [-0.15, -0.1) is 0 Å². The number of hydrogen-bond acceptors (Lipinski definition) is 9. The maximum absolute atomic E-state index is 14.3. The Hall–Kier alpha value is -4.32. The number of benzene rings is 2. The molecular weight excluding hydrogens is 534 g/mol. The minimum atomic E-state index is -1.20. The Balaban J connectivity index is 1.92. The van der Waals surface area contributed by atoms with Gasteiger partial charge in [-0.25, -0.2) is 0 Å². The number of rotatable bonds is 11. The summed E-state index contributed by atoms with van der Waals surface area (Å²) in [4.78, 5) is 41.6. The van der Waals surface area contributed by atoms with Crippen LogP contribution in [0.25, 0.3) is 0 Å². The van der Waals surface area contributed by atoms with Gasteiger partial charge in [0.2, 0.25) is 5.91 Å². The molecule has 0 spiro atoms. The fraction of sp³-hybridized carbons (Fsp3) is 0.357. The maximum atomic E-state index is 14.3. The molecule has 11 nitrogen and oxygen atoms in total. The van der Waals surface area contributed by atoms with Crippen molar-refractivity contribution >= 4 is 40.6 Å². The summed E-state index contributed by atoms with van der Waals surface area (Å²) in [5.41, 5.74) is 12.0. The van der Waals surface area contributed by atoms with E-state index >= 15 is 0 Å². The summed E-state index contributed by atoms with van der Waals surface area (Å²) < 4.78 is 20.7. The predicted octanol–water partition coefficient (Wildman–Crippen LogP) is 3.69. The van der Waals surface area contributed by atoms with Gasteiger partial charge in [0.25, 0.3) is 11.8 Å². The number of carbonyl (C=O) groups excluding carboxylic acids is 3. The SMILES string of the molecule is CCOc1ccc(N(C(=O)c2snc(C(N)=O)c2N)[C@H](C(=O)NC2CCCC2)c2cc(OC)ccc2OC)cc1. The molecule has 1 aliphatic carbocycles. The smallest absolute Gasteiger partial charge is 0.273 e. The molecule has 5 N–H and O–H groups in total. The van der Waals surface area contributed by atoms with Crippen LogP contribution in [0.4, 0.5) is 11.4 Å². The lowest BCUT2D eigenvalue weighted by Crippen LogP contribution is -2.46. The first-order valence-electron chi connectivity index (χ1n) is 12.9. The molecule has 40 heavy (non-hydrogen) atoms. The second kappa shape index (κ2) is 12.7. The van der Waals surface area contributed by atoms with E-state index in [-0.39, 0.29) is 22.3 Å². The first kappa shape index (κ1) is 28.7. The number of nitrogens with zero attached hydrogens (tertiary/aromatic N) is 2. The molecule has 0 saturated heterocycles. The standard InChI is InChI=1S/C28H33N5O6S/c1-4-39-18-11-9-17(10-12-18)33(28(36)25-22(29)23(26(30)34)32-40-25)24(27(35)31-16-7-5-6-8-16)20-15-19(37-2)13-14-21(20)38-3/h9-16,24H,4-8,29H2,1-3H3,(H2,30,34)(H,31,35)/t24-/m0/s1. The minimum Gasteiger partial charge on any atom is -0.497 e. The number of amides is 3. The third kappa shape index (κ3) is 5.96. The van der Waals surface area contributed by atoms with Crippen molar-refractivity contribution in [3.63, 3.8) is 0 Å². The monoisotopic (exact) mass is 567 g/mol. The number of methoxy groups -OCH3 is 2. The fourth-order valence-corrected chi connectivity index (χ4v) is 5.54. The van der Waals surface area contributed by atoms with E-state index in [0.29, 0.717) is 35.1 Å². The molecule has 1 aromatic heterocycles. The second-order valence-corrected chi connectivity index (χ2v) is 10.0. The number of ether oxygens (including phenoxy) is 3. The van der Waals surface area contributed by atoms with Crippen LogP contribution in [0.1, 0.15) is 64.4 Å². The summed E-state index contributed by atoms with van der Waals surface area (Å²) in [7, 11) is 3.00. The Kier molecular flexibility index (Phi) is 9.10. The van der Waals surface area contributed by atoms with E-state index in [1.165, 1.54) is 19.1 Å². The number of nitrogen functional groups attached to an aromatic ring is 1. The van der Waals surface area contributed by atoms with E-state index in [4.69, 9.17) is 25.7 Å². The Bertz CT molecular complexity index is 1370. The third-order valence-corrected chi connectivity index (χ3v) is 7.59. The van der Waals surface area contributed by atoms with E-state index in [2.05, 4.69) is 9.69 Å². The molecule has 2 aromatic carbocycles. The normalized spacial score (nSPS) is 13.9. The maximum Gasteiger partial charge on any atom is 0.273 e. The Morgan fingerprint density at radius 1 is 1.07 bits per heavy atom. The van der Waals surface area contributed by atoms with Gasteiger partial charge >= 0.3 is 0 Å². The lowest BCUT2D eigenvalue weighted by molar-refractivity contribution is -0.123. The number of nitrogens with one attached hydrogen (secondary N) is 1. The highest BCUT2D eigenvalue weighted by Crippen LogP contribution is 2.39. The Morgan fingerprint density at radius 3 is 2.33 bits per heavy atom. The molecule has 0 aliphatic heterocycles. The summed E-state index contributed by atoms with van der Waals surface area (Å²) in [6.45, 7) is 2.33. The summed E-state index contributed by atoms with van der Waals surface area (Å²) in [6, 6.07) is 10.6. The number of carbonyl (C=O) groups is 3. The van der Waals surface area contributed by atoms with E-state index in [0.717, 1.165) is 37.2 Å². The zero-order valence-electron chi connectivity index (χ0n) is 22.6. The van der Waals surface area contributed by atoms with Crippen molar-refractivity contribution in [2.45, 2.75) is 44.7 Å².